The maximum absolute atomic E-state index is 6.22. The van der Waals surface area contributed by atoms with Crippen LogP contribution in [0.3, 0.4) is 0 Å². The highest BCUT2D eigenvalue weighted by Gasteiger charge is 2.17. The van der Waals surface area contributed by atoms with Crippen molar-refractivity contribution < 1.29 is 4.42 Å². The molecular formula is C46H29NOS. The van der Waals surface area contributed by atoms with E-state index >= 15 is 0 Å². The molecule has 8 aromatic carbocycles. The topological polar surface area (TPSA) is 16.4 Å². The van der Waals surface area contributed by atoms with Gasteiger partial charge in [-0.2, -0.15) is 0 Å². The summed E-state index contributed by atoms with van der Waals surface area (Å²) in [6.07, 6.45) is 0. The second-order valence-electron chi connectivity index (χ2n) is 12.5. The van der Waals surface area contributed by atoms with Gasteiger partial charge in [0.25, 0.3) is 0 Å². The SMILES string of the molecule is c1cc(-c2cccc3ccccc23)cc(N(c2ccc(-c3ccc4c(c3)oc3ccccc34)cc2)c2ccc3c(c2)sc2ccccc23)c1. The van der Waals surface area contributed by atoms with Crippen LogP contribution >= 0.6 is 11.3 Å². The van der Waals surface area contributed by atoms with Crippen LogP contribution in [-0.2, 0) is 0 Å². The molecule has 2 nitrogen and oxygen atoms in total. The third-order valence-corrected chi connectivity index (χ3v) is 10.8. The molecule has 0 unspecified atom stereocenters. The van der Waals surface area contributed by atoms with Crippen LogP contribution in [0.5, 0.6) is 0 Å². The zero-order chi connectivity index (χ0) is 32.3. The summed E-state index contributed by atoms with van der Waals surface area (Å²) >= 11 is 1.85. The fraction of sp³-hybridized carbons (Fsp3) is 0. The molecule has 2 heterocycles. The maximum atomic E-state index is 6.22. The summed E-state index contributed by atoms with van der Waals surface area (Å²) in [6.45, 7) is 0. The van der Waals surface area contributed by atoms with Crippen LogP contribution in [0.2, 0.25) is 0 Å². The van der Waals surface area contributed by atoms with Gasteiger partial charge in [0.1, 0.15) is 11.2 Å². The van der Waals surface area contributed by atoms with Gasteiger partial charge in [-0.1, -0.05) is 115 Å². The van der Waals surface area contributed by atoms with Crippen LogP contribution in [-0.4, -0.2) is 0 Å². The molecule has 0 atom stereocenters. The largest absolute Gasteiger partial charge is 0.456 e. The van der Waals surface area contributed by atoms with E-state index < -0.39 is 0 Å². The molecule has 0 fully saturated rings. The Labute approximate surface area is 287 Å². The van der Waals surface area contributed by atoms with Crippen molar-refractivity contribution in [2.45, 2.75) is 0 Å². The molecule has 0 aliphatic heterocycles. The fourth-order valence-corrected chi connectivity index (χ4v) is 8.44. The Bertz CT molecular complexity index is 2840. The Kier molecular flexibility index (Phi) is 6.39. The quantitative estimate of drug-likeness (QED) is 0.186. The van der Waals surface area contributed by atoms with E-state index in [0.29, 0.717) is 0 Å². The second kappa shape index (κ2) is 11.2. The van der Waals surface area contributed by atoms with Crippen molar-refractivity contribution in [1.82, 2.24) is 0 Å². The van der Waals surface area contributed by atoms with Crippen molar-refractivity contribution in [2.75, 3.05) is 4.90 Å². The van der Waals surface area contributed by atoms with Gasteiger partial charge in [-0.3, -0.25) is 0 Å². The van der Waals surface area contributed by atoms with E-state index in [9.17, 15) is 0 Å². The molecule has 0 saturated heterocycles. The van der Waals surface area contributed by atoms with E-state index in [2.05, 4.69) is 169 Å². The summed E-state index contributed by atoms with van der Waals surface area (Å²) in [4.78, 5) is 2.38. The first-order valence-corrected chi connectivity index (χ1v) is 17.4. The summed E-state index contributed by atoms with van der Waals surface area (Å²) in [5.41, 5.74) is 9.88. The highest BCUT2D eigenvalue weighted by molar-refractivity contribution is 7.25. The molecule has 0 saturated carbocycles. The van der Waals surface area contributed by atoms with E-state index in [1.165, 1.54) is 42.1 Å². The van der Waals surface area contributed by atoms with Gasteiger partial charge in [-0.15, -0.1) is 11.3 Å². The summed E-state index contributed by atoms with van der Waals surface area (Å²) in [5, 5.41) is 7.40. The lowest BCUT2D eigenvalue weighted by Crippen LogP contribution is -2.10. The minimum atomic E-state index is 0.909. The van der Waals surface area contributed by atoms with Gasteiger partial charge in [-0.05, 0) is 93.7 Å². The molecule has 0 bridgehead atoms. The first kappa shape index (κ1) is 27.9. The maximum Gasteiger partial charge on any atom is 0.136 e. The molecule has 0 N–H and O–H groups in total. The van der Waals surface area contributed by atoms with E-state index in [1.54, 1.807) is 0 Å². The highest BCUT2D eigenvalue weighted by atomic mass is 32.1. The average Bonchev–Trinajstić information content (AvgIpc) is 3.73. The van der Waals surface area contributed by atoms with Crippen LogP contribution in [0.1, 0.15) is 0 Å². The number of fused-ring (bicyclic) bond motifs is 7. The normalized spacial score (nSPS) is 11.7. The van der Waals surface area contributed by atoms with Crippen molar-refractivity contribution in [2.24, 2.45) is 0 Å². The van der Waals surface area contributed by atoms with Crippen LogP contribution in [0.4, 0.5) is 17.1 Å². The van der Waals surface area contributed by atoms with Gasteiger partial charge in [0, 0.05) is 48.0 Å². The Hall–Kier alpha value is -6.16. The molecule has 0 spiro atoms. The fourth-order valence-electron chi connectivity index (χ4n) is 7.30. The minimum absolute atomic E-state index is 0.909. The smallest absolute Gasteiger partial charge is 0.136 e. The molecule has 0 aliphatic carbocycles. The molecule has 0 radical (unpaired) electrons. The Balaban J connectivity index is 1.10. The Morgan fingerprint density at radius 3 is 1.94 bits per heavy atom. The first-order valence-electron chi connectivity index (χ1n) is 16.6. The lowest BCUT2D eigenvalue weighted by Gasteiger charge is -2.26. The monoisotopic (exact) mass is 643 g/mol. The van der Waals surface area contributed by atoms with Crippen molar-refractivity contribution in [3.63, 3.8) is 0 Å². The number of hydrogen-bond acceptors (Lipinski definition) is 3. The predicted octanol–water partition coefficient (Wildman–Crippen LogP) is 13.9. The third-order valence-electron chi connectivity index (χ3n) is 9.66. The summed E-state index contributed by atoms with van der Waals surface area (Å²) < 4.78 is 8.81. The van der Waals surface area contributed by atoms with E-state index in [4.69, 9.17) is 4.42 Å². The number of para-hydroxylation sites is 1. The lowest BCUT2D eigenvalue weighted by molar-refractivity contribution is 0.669. The van der Waals surface area contributed by atoms with E-state index in [-0.39, 0.29) is 0 Å². The van der Waals surface area contributed by atoms with Crippen molar-refractivity contribution >= 4 is 81.3 Å². The zero-order valence-corrected chi connectivity index (χ0v) is 27.3. The number of thiophene rings is 1. The molecule has 10 rings (SSSR count). The van der Waals surface area contributed by atoms with Gasteiger partial charge < -0.3 is 9.32 Å². The van der Waals surface area contributed by atoms with Gasteiger partial charge in [0.15, 0.2) is 0 Å². The van der Waals surface area contributed by atoms with Gasteiger partial charge in [-0.25, -0.2) is 0 Å². The summed E-state index contributed by atoms with van der Waals surface area (Å²) in [5.74, 6) is 0. The standard InChI is InChI=1S/C46H29NOS/c1-2-13-37-31(9-1)10-8-16-38(37)33-11-7-12-35(27-33)47(36-24-26-42-41-15-4-6-18-45(41)49-46(42)29-36)34-22-19-30(20-23-34)32-21-25-40-39-14-3-5-17-43(39)48-44(40)28-32/h1-29H. The highest BCUT2D eigenvalue weighted by Crippen LogP contribution is 2.42. The molecule has 0 aliphatic rings. The van der Waals surface area contributed by atoms with E-state index in [1.807, 2.05) is 23.5 Å². The molecule has 10 aromatic rings. The van der Waals surface area contributed by atoms with E-state index in [0.717, 1.165) is 50.1 Å². The molecule has 230 valence electrons. The first-order chi connectivity index (χ1) is 24.3. The predicted molar refractivity (Wildman–Crippen MR) is 210 cm³/mol. The van der Waals surface area contributed by atoms with Crippen molar-refractivity contribution in [3.8, 4) is 22.3 Å². The van der Waals surface area contributed by atoms with Gasteiger partial charge >= 0.3 is 0 Å². The second-order valence-corrected chi connectivity index (χ2v) is 13.6. The molecule has 2 aromatic heterocycles. The van der Waals surface area contributed by atoms with Crippen LogP contribution in [0.25, 0.3) is 75.1 Å². The Morgan fingerprint density at radius 2 is 1.02 bits per heavy atom. The average molecular weight is 644 g/mol. The third kappa shape index (κ3) is 4.70. The van der Waals surface area contributed by atoms with Crippen LogP contribution in [0.15, 0.2) is 180 Å². The van der Waals surface area contributed by atoms with Crippen LogP contribution < -0.4 is 4.90 Å². The Morgan fingerprint density at radius 1 is 0.367 bits per heavy atom. The molecular weight excluding hydrogens is 615 g/mol. The van der Waals surface area contributed by atoms with Gasteiger partial charge in [0.2, 0.25) is 0 Å². The number of anilines is 3. The number of benzene rings is 8. The number of hydrogen-bond donors (Lipinski definition) is 0. The van der Waals surface area contributed by atoms with Crippen molar-refractivity contribution in [3.05, 3.63) is 176 Å². The van der Waals surface area contributed by atoms with Crippen LogP contribution in [0, 0.1) is 0 Å². The van der Waals surface area contributed by atoms with Gasteiger partial charge in [0.05, 0.1) is 0 Å². The number of furan rings is 1. The minimum Gasteiger partial charge on any atom is -0.456 e. The molecule has 49 heavy (non-hydrogen) atoms. The number of nitrogens with zero attached hydrogens (tertiary/aromatic N) is 1. The lowest BCUT2D eigenvalue weighted by atomic mass is 9.97. The summed E-state index contributed by atoms with van der Waals surface area (Å²) in [7, 11) is 0. The zero-order valence-electron chi connectivity index (χ0n) is 26.5. The summed E-state index contributed by atoms with van der Waals surface area (Å²) in [6, 6.07) is 63.3. The van der Waals surface area contributed by atoms with Crippen molar-refractivity contribution in [1.29, 1.82) is 0 Å². The molecule has 3 heteroatoms. The number of rotatable bonds is 5. The molecule has 0 amide bonds.